The predicted octanol–water partition coefficient (Wildman–Crippen LogP) is 28.2. The molecule has 0 aliphatic rings. The number of aromatic nitrogens is 2. The quantitative estimate of drug-likeness (QED) is 0.0268. The Balaban J connectivity index is 0.000000149. The molecule has 114 heavy (non-hydrogen) atoms. The van der Waals surface area contributed by atoms with Crippen molar-refractivity contribution in [2.24, 2.45) is 0 Å². The van der Waals surface area contributed by atoms with Crippen LogP contribution in [0.2, 0.25) is 10.2 Å². The number of carboxylic acids is 2. The fourth-order valence-corrected chi connectivity index (χ4v) is 16.7. The van der Waals surface area contributed by atoms with E-state index in [0.717, 1.165) is 96.2 Å². The number of pyridine rings is 2. The summed E-state index contributed by atoms with van der Waals surface area (Å²) in [7, 11) is -1.44. The normalized spacial score (nSPS) is 11.3. The van der Waals surface area contributed by atoms with Crippen LogP contribution in [0, 0.1) is 0 Å². The lowest BCUT2D eigenvalue weighted by atomic mass is 9.76. The standard InChI is InChI=1S/C55H33N.C14H11BO2.C13H6BrCl2N.C10H8BrN.C3H4O4.Cl3OP.H2/c1-4-18-37-34(15-1)29-48(43-24-10-7-21-40(37)43)50-32-53-51(49-30-35-16-2-5-19-38(35)41-22-8-11-25-44(41)49)33-54(56-55(53)47-28-14-13-27-46(47)50)52-31-36-17-3-6-20-39(36)42-23-9-12-26-45(42)52;16-15(17)14-9-10-5-1-2-6-11(10)12-7-3-4-8-13(12)14;14-10-5-9-11(15)6-12(16)17-13(9)8-4-2-1-3-7(8)10;11-9-5-6-10(12)8-4-2-1-3-7(8)9;4-2(5)1-3(6)7;1-5(2,3)4;/h1-33H;1-9,16-17H;1-6H;1-6H,12H2;1H2,(H,4,5)(H,6,7);;1H. The summed E-state index contributed by atoms with van der Waals surface area (Å²) in [5, 5.41) is 59.9. The van der Waals surface area contributed by atoms with Gasteiger partial charge in [0.2, 0.25) is 0 Å². The number of nitrogen functional groups attached to an aromatic ring is 1. The lowest BCUT2D eigenvalue weighted by Gasteiger charge is -2.19. The molecule has 0 spiro atoms. The van der Waals surface area contributed by atoms with Crippen molar-refractivity contribution < 1.29 is 35.8 Å². The van der Waals surface area contributed by atoms with E-state index in [1.165, 1.54) is 92.3 Å². The van der Waals surface area contributed by atoms with Gasteiger partial charge in [0, 0.05) is 48.6 Å². The third-order valence-electron chi connectivity index (χ3n) is 20.0. The van der Waals surface area contributed by atoms with Crippen LogP contribution < -0.4 is 11.2 Å². The van der Waals surface area contributed by atoms with Crippen LogP contribution in [-0.4, -0.2) is 49.3 Å². The van der Waals surface area contributed by atoms with E-state index >= 15 is 0 Å². The monoisotopic (exact) mass is 1730 g/mol. The van der Waals surface area contributed by atoms with E-state index in [1.807, 2.05) is 115 Å². The highest BCUT2D eigenvalue weighted by molar-refractivity contribution is 9.11. The summed E-state index contributed by atoms with van der Waals surface area (Å²) in [6.07, 6.45) is -0.806. The first-order valence-corrected chi connectivity index (χ1v) is 42.6. The van der Waals surface area contributed by atoms with Crippen molar-refractivity contribution in [3.8, 4) is 33.5 Å². The topological polar surface area (TPSA) is 184 Å². The van der Waals surface area contributed by atoms with E-state index in [1.54, 1.807) is 6.07 Å². The highest BCUT2D eigenvalue weighted by atomic mass is 79.9. The van der Waals surface area contributed by atoms with E-state index < -0.39 is 30.7 Å². The molecule has 0 radical (unpaired) electrons. The van der Waals surface area contributed by atoms with Gasteiger partial charge in [-0.3, -0.25) is 14.2 Å². The van der Waals surface area contributed by atoms with Gasteiger partial charge in [-0.15, -0.1) is 0 Å². The molecule has 20 aromatic rings. The molecule has 2 aromatic heterocycles. The van der Waals surface area contributed by atoms with Gasteiger partial charge in [0.05, 0.1) is 21.7 Å². The van der Waals surface area contributed by atoms with Crippen molar-refractivity contribution in [1.29, 1.82) is 0 Å². The molecule has 18 aromatic carbocycles. The van der Waals surface area contributed by atoms with E-state index in [0.29, 0.717) is 15.6 Å². The average Bonchev–Trinajstić information content (AvgIpc) is 0.718. The zero-order chi connectivity index (χ0) is 79.5. The molecular formula is C95H64BBr2Cl5N3O7P. The van der Waals surface area contributed by atoms with Crippen molar-refractivity contribution in [3.63, 3.8) is 0 Å². The summed E-state index contributed by atoms with van der Waals surface area (Å²) in [6, 6.07) is 115. The van der Waals surface area contributed by atoms with Gasteiger partial charge in [0.1, 0.15) is 11.6 Å². The largest absolute Gasteiger partial charge is 0.489 e. The predicted molar refractivity (Wildman–Crippen MR) is 492 cm³/mol. The van der Waals surface area contributed by atoms with Crippen molar-refractivity contribution in [2.75, 3.05) is 5.73 Å². The number of benzene rings is 18. The molecule has 0 saturated heterocycles. The Hall–Kier alpha value is -11.0. The third-order valence-corrected chi connectivity index (χ3v) is 21.8. The molecular weight excluding hydrogens is 1670 g/mol. The second-order valence-electron chi connectivity index (χ2n) is 26.9. The fraction of sp³-hybridized carbons (Fsp3) is 0.0105. The Morgan fingerprint density at radius 2 is 0.658 bits per heavy atom. The molecule has 0 bridgehead atoms. The smallest absolute Gasteiger partial charge is 0.481 e. The van der Waals surface area contributed by atoms with Crippen molar-refractivity contribution in [3.05, 3.63) is 347 Å². The van der Waals surface area contributed by atoms with Crippen LogP contribution in [0.15, 0.2) is 337 Å². The van der Waals surface area contributed by atoms with Crippen LogP contribution in [0.5, 0.6) is 0 Å². The van der Waals surface area contributed by atoms with Gasteiger partial charge in [0.25, 0.3) is 0 Å². The molecule has 0 unspecified atom stereocenters. The number of nitrogens with zero attached hydrogens (tertiary/aromatic N) is 2. The summed E-state index contributed by atoms with van der Waals surface area (Å²) >= 11 is 33.0. The first kappa shape index (κ1) is 78.3. The molecule has 10 nitrogen and oxygen atoms in total. The minimum absolute atomic E-state index is 0. The number of rotatable bonds is 6. The molecule has 0 saturated carbocycles. The Labute approximate surface area is 696 Å². The first-order chi connectivity index (χ1) is 55.1. The van der Waals surface area contributed by atoms with E-state index in [2.05, 4.69) is 277 Å². The number of hydrogen-bond donors (Lipinski definition) is 5. The van der Waals surface area contributed by atoms with E-state index in [4.69, 9.17) is 44.1 Å². The number of anilines is 1. The third kappa shape index (κ3) is 16.6. The van der Waals surface area contributed by atoms with Crippen LogP contribution in [0.25, 0.3) is 174 Å². The number of carbonyl (C=O) groups is 2. The minimum Gasteiger partial charge on any atom is -0.481 e. The molecule has 0 atom stereocenters. The molecule has 20 rings (SSSR count). The number of halogens is 7. The summed E-state index contributed by atoms with van der Waals surface area (Å²) in [5.41, 5.74) is 16.0. The summed E-state index contributed by atoms with van der Waals surface area (Å²) < 4.78 is 11.6. The lowest BCUT2D eigenvalue weighted by molar-refractivity contribution is -0.147. The van der Waals surface area contributed by atoms with Crippen LogP contribution in [0.1, 0.15) is 7.85 Å². The number of nitrogens with two attached hydrogens (primary N) is 1. The van der Waals surface area contributed by atoms with Crippen molar-refractivity contribution in [2.45, 2.75) is 6.42 Å². The maximum Gasteiger partial charge on any atom is 0.489 e. The lowest BCUT2D eigenvalue weighted by Crippen LogP contribution is -2.30. The molecule has 0 fully saturated rings. The Bertz CT molecular complexity index is 7230. The van der Waals surface area contributed by atoms with Crippen LogP contribution in [0.4, 0.5) is 5.69 Å². The molecule has 19 heteroatoms. The number of hydrogen-bond acceptors (Lipinski definition) is 8. The van der Waals surface area contributed by atoms with Crippen molar-refractivity contribution >= 4 is 264 Å². The van der Waals surface area contributed by atoms with Gasteiger partial charge in [-0.2, -0.15) is 0 Å². The van der Waals surface area contributed by atoms with E-state index in [9.17, 15) is 24.2 Å². The summed E-state index contributed by atoms with van der Waals surface area (Å²) in [5.74, 6) is -2.62. The van der Waals surface area contributed by atoms with Gasteiger partial charge < -0.3 is 26.0 Å². The zero-order valence-corrected chi connectivity index (χ0v) is 67.9. The van der Waals surface area contributed by atoms with Crippen LogP contribution in [0.3, 0.4) is 0 Å². The molecule has 558 valence electrons. The van der Waals surface area contributed by atoms with E-state index in [-0.39, 0.29) is 1.43 Å². The first-order valence-electron chi connectivity index (χ1n) is 35.9. The van der Waals surface area contributed by atoms with Gasteiger partial charge >= 0.3 is 24.3 Å². The molecule has 0 amide bonds. The highest BCUT2D eigenvalue weighted by Crippen LogP contribution is 2.61. The average molecular weight is 1740 g/mol. The number of carboxylic acid groups (broad SMARTS) is 2. The Morgan fingerprint density at radius 1 is 0.342 bits per heavy atom. The SMILES string of the molecule is Clc1cc(Cl)c2cc(Br)c3ccccc3c2n1.Nc1ccc(Br)c2ccccc12.O=C(O)CC(=O)O.O=P(Cl)(Cl)Cl.OB(O)c1cc2ccccc2c2ccccc12.[HH].c1ccc2c(c1)cc(-c1cc(-c3cc4ccccc4c4ccccc34)c3cc(-c4cc5ccccc5c5ccccc45)c4ccccc4c3n1)c1ccccc12. The molecule has 6 N–H and O–H groups in total. The van der Waals surface area contributed by atoms with Gasteiger partial charge in [-0.25, -0.2) is 9.97 Å². The zero-order valence-electron chi connectivity index (χ0n) is 60.0. The van der Waals surface area contributed by atoms with Crippen LogP contribution in [-0.2, 0) is 14.2 Å². The summed E-state index contributed by atoms with van der Waals surface area (Å²) in [4.78, 5) is 28.9. The maximum absolute atomic E-state index is 9.51. The number of aliphatic carboxylic acids is 2. The fourth-order valence-electron chi connectivity index (χ4n) is 15.1. The second kappa shape index (κ2) is 34.0. The maximum atomic E-state index is 9.51. The second-order valence-corrected chi connectivity index (χ2v) is 36.0. The van der Waals surface area contributed by atoms with Gasteiger partial charge in [-0.05, 0) is 218 Å². The van der Waals surface area contributed by atoms with Gasteiger partial charge in [-0.1, -0.05) is 328 Å². The van der Waals surface area contributed by atoms with Crippen LogP contribution >= 0.6 is 94.0 Å². The van der Waals surface area contributed by atoms with Crippen molar-refractivity contribution in [1.82, 2.24) is 9.97 Å². The Morgan fingerprint density at radius 3 is 1.09 bits per heavy atom. The minimum atomic E-state index is -3.22. The molecule has 0 aliphatic heterocycles. The molecule has 0 aliphatic carbocycles. The summed E-state index contributed by atoms with van der Waals surface area (Å²) in [6.45, 7) is 0. The Kier molecular flexibility index (Phi) is 23.3. The molecule has 2 heterocycles. The number of fused-ring (bicyclic) bond motifs is 19. The highest BCUT2D eigenvalue weighted by Gasteiger charge is 2.23. The van der Waals surface area contributed by atoms with Gasteiger partial charge in [0.15, 0.2) is 0 Å².